The second kappa shape index (κ2) is 7.63. The minimum Gasteiger partial charge on any atom is -0.504 e. The molecule has 0 bridgehead atoms. The topological polar surface area (TPSA) is 132 Å². The predicted octanol–water partition coefficient (Wildman–Crippen LogP) is 1.84. The van der Waals surface area contributed by atoms with Crippen molar-refractivity contribution in [2.24, 2.45) is 5.41 Å². The molecule has 4 N–H and O–H groups in total. The molecule has 0 aliphatic carbocycles. The minimum atomic E-state index is -1.77. The van der Waals surface area contributed by atoms with Crippen LogP contribution in [0, 0.1) is 16.6 Å². The van der Waals surface area contributed by atoms with Crippen LogP contribution in [0.5, 0.6) is 5.75 Å². The highest BCUT2D eigenvalue weighted by molar-refractivity contribution is 6.20. The fourth-order valence-corrected chi connectivity index (χ4v) is 5.50. The largest absolute Gasteiger partial charge is 0.504 e. The number of ether oxygens (including phenoxy) is 1. The van der Waals surface area contributed by atoms with Crippen molar-refractivity contribution in [1.82, 2.24) is 10.6 Å². The first kappa shape index (κ1) is 22.0. The van der Waals surface area contributed by atoms with E-state index in [0.29, 0.717) is 5.56 Å². The summed E-state index contributed by atoms with van der Waals surface area (Å²) in [7, 11) is 0. The van der Waals surface area contributed by atoms with E-state index in [1.807, 2.05) is 0 Å². The Balaban J connectivity index is 1.72. The standard InChI is InChI=1S/C24H23FN4O5/c1-11-10-29-18-14(8-15(19(30)16(18)25)17(26)13-6-4-3-5-7-13)9-24(20(29)12(2)34-11)21(31)27-23(33)28-22(24)32/h3-8,11-12,20,26,30H,9-10H2,1-2H3,(H2,27,28,31,32,33)/t11-,12+,20-/m1/s1. The van der Waals surface area contributed by atoms with E-state index in [1.54, 1.807) is 49.1 Å². The van der Waals surface area contributed by atoms with Gasteiger partial charge in [-0.1, -0.05) is 30.3 Å². The molecular formula is C24H23FN4O5. The average Bonchev–Trinajstić information content (AvgIpc) is 2.79. The summed E-state index contributed by atoms with van der Waals surface area (Å²) in [6, 6.07) is 8.15. The lowest BCUT2D eigenvalue weighted by atomic mass is 9.66. The van der Waals surface area contributed by atoms with Crippen molar-refractivity contribution >= 4 is 29.2 Å². The SMILES string of the molecule is C[C@@H]1CN2c3c(cc(C(=N)c4ccccc4)c(O)c3F)CC3(C(=O)NC(=O)NC3=O)[C@H]2[C@H](C)O1. The van der Waals surface area contributed by atoms with Gasteiger partial charge in [-0.05, 0) is 25.5 Å². The van der Waals surface area contributed by atoms with Crippen LogP contribution in [0.25, 0.3) is 0 Å². The molecule has 3 atom stereocenters. The number of imide groups is 2. The Morgan fingerprint density at radius 1 is 1.18 bits per heavy atom. The molecule has 10 heteroatoms. The van der Waals surface area contributed by atoms with E-state index in [9.17, 15) is 19.5 Å². The molecule has 4 amide bonds. The first-order chi connectivity index (χ1) is 16.1. The van der Waals surface area contributed by atoms with Crippen molar-refractivity contribution in [3.05, 3.63) is 58.9 Å². The van der Waals surface area contributed by atoms with Gasteiger partial charge in [-0.15, -0.1) is 0 Å². The highest BCUT2D eigenvalue weighted by Gasteiger charge is 2.63. The van der Waals surface area contributed by atoms with Crippen LogP contribution in [-0.4, -0.2) is 53.5 Å². The maximum atomic E-state index is 15.8. The average molecular weight is 466 g/mol. The molecule has 5 rings (SSSR count). The first-order valence-corrected chi connectivity index (χ1v) is 10.9. The summed E-state index contributed by atoms with van der Waals surface area (Å²) in [5, 5.41) is 23.7. The van der Waals surface area contributed by atoms with E-state index in [2.05, 4.69) is 10.6 Å². The molecule has 3 heterocycles. The molecular weight excluding hydrogens is 443 g/mol. The van der Waals surface area contributed by atoms with Gasteiger partial charge in [0.15, 0.2) is 17.0 Å². The van der Waals surface area contributed by atoms with Crippen molar-refractivity contribution in [3.63, 3.8) is 0 Å². The summed E-state index contributed by atoms with van der Waals surface area (Å²) >= 11 is 0. The van der Waals surface area contributed by atoms with Gasteiger partial charge < -0.3 is 14.7 Å². The summed E-state index contributed by atoms with van der Waals surface area (Å²) in [4.78, 5) is 39.8. The Morgan fingerprint density at radius 3 is 2.47 bits per heavy atom. The van der Waals surface area contributed by atoms with E-state index < -0.39 is 47.0 Å². The Morgan fingerprint density at radius 2 is 1.82 bits per heavy atom. The van der Waals surface area contributed by atoms with E-state index >= 15 is 4.39 Å². The molecule has 0 radical (unpaired) electrons. The molecule has 0 aromatic heterocycles. The Hall–Kier alpha value is -3.79. The fraction of sp³-hybridized carbons (Fsp3) is 0.333. The number of benzene rings is 2. The maximum absolute atomic E-state index is 15.8. The minimum absolute atomic E-state index is 0.0573. The molecule has 176 valence electrons. The van der Waals surface area contributed by atoms with Crippen molar-refractivity contribution < 1.29 is 28.6 Å². The van der Waals surface area contributed by atoms with Gasteiger partial charge in [-0.3, -0.25) is 25.6 Å². The van der Waals surface area contributed by atoms with Crippen LogP contribution in [0.4, 0.5) is 14.9 Å². The molecule has 9 nitrogen and oxygen atoms in total. The monoisotopic (exact) mass is 466 g/mol. The van der Waals surface area contributed by atoms with Crippen LogP contribution in [-0.2, 0) is 20.7 Å². The normalized spacial score (nSPS) is 25.3. The molecule has 3 aliphatic rings. The zero-order valence-electron chi connectivity index (χ0n) is 18.5. The lowest BCUT2D eigenvalue weighted by molar-refractivity contribution is -0.153. The van der Waals surface area contributed by atoms with Gasteiger partial charge in [0, 0.05) is 24.1 Å². The maximum Gasteiger partial charge on any atom is 0.328 e. The first-order valence-electron chi connectivity index (χ1n) is 10.9. The van der Waals surface area contributed by atoms with Gasteiger partial charge in [0.25, 0.3) is 0 Å². The van der Waals surface area contributed by atoms with Crippen LogP contribution in [0.3, 0.4) is 0 Å². The molecule has 3 aliphatic heterocycles. The molecule has 34 heavy (non-hydrogen) atoms. The number of phenolic OH excluding ortho intramolecular Hbond substituents is 1. The summed E-state index contributed by atoms with van der Waals surface area (Å²) in [6.07, 6.45) is -1.25. The van der Waals surface area contributed by atoms with Gasteiger partial charge in [0.1, 0.15) is 0 Å². The van der Waals surface area contributed by atoms with Crippen LogP contribution >= 0.6 is 0 Å². The van der Waals surface area contributed by atoms with Crippen molar-refractivity contribution in [2.75, 3.05) is 11.4 Å². The van der Waals surface area contributed by atoms with Gasteiger partial charge >= 0.3 is 6.03 Å². The van der Waals surface area contributed by atoms with E-state index in [4.69, 9.17) is 10.1 Å². The van der Waals surface area contributed by atoms with Crippen LogP contribution in [0.15, 0.2) is 36.4 Å². The quantitative estimate of drug-likeness (QED) is 0.395. The number of fused-ring (bicyclic) bond motifs is 4. The number of rotatable bonds is 2. The zero-order valence-corrected chi connectivity index (χ0v) is 18.5. The van der Waals surface area contributed by atoms with Gasteiger partial charge in [-0.25, -0.2) is 9.18 Å². The summed E-state index contributed by atoms with van der Waals surface area (Å²) < 4.78 is 21.7. The van der Waals surface area contributed by atoms with E-state index in [0.717, 1.165) is 0 Å². The highest BCUT2D eigenvalue weighted by Crippen LogP contribution is 2.49. The molecule has 2 aromatic carbocycles. The van der Waals surface area contributed by atoms with Crippen molar-refractivity contribution in [2.45, 2.75) is 38.5 Å². The number of aromatic hydroxyl groups is 1. The third-order valence-electron chi connectivity index (χ3n) is 6.83. The molecule has 2 saturated heterocycles. The number of morpholine rings is 1. The molecule has 1 spiro atoms. The van der Waals surface area contributed by atoms with Crippen LogP contribution in [0.1, 0.15) is 30.5 Å². The number of anilines is 1. The second-order valence-electron chi connectivity index (χ2n) is 8.97. The summed E-state index contributed by atoms with van der Waals surface area (Å²) in [6.45, 7) is 3.63. The number of halogens is 1. The highest BCUT2D eigenvalue weighted by atomic mass is 19.1. The van der Waals surface area contributed by atoms with Gasteiger partial charge in [0.2, 0.25) is 11.8 Å². The number of nitrogens with zero attached hydrogens (tertiary/aromatic N) is 1. The zero-order chi connectivity index (χ0) is 24.4. The number of hydrogen-bond acceptors (Lipinski definition) is 7. The number of carbonyl (C=O) groups is 3. The molecule has 2 fully saturated rings. The van der Waals surface area contributed by atoms with Gasteiger partial charge in [-0.2, -0.15) is 0 Å². The van der Waals surface area contributed by atoms with Crippen LogP contribution < -0.4 is 15.5 Å². The predicted molar refractivity (Wildman–Crippen MR) is 119 cm³/mol. The number of hydrogen-bond donors (Lipinski definition) is 4. The molecule has 0 saturated carbocycles. The third kappa shape index (κ3) is 3.02. The number of barbiturate groups is 1. The number of amides is 4. The second-order valence-corrected chi connectivity index (χ2v) is 8.97. The van der Waals surface area contributed by atoms with Crippen molar-refractivity contribution in [1.29, 1.82) is 5.41 Å². The smallest absolute Gasteiger partial charge is 0.328 e. The Labute approximate surface area is 194 Å². The van der Waals surface area contributed by atoms with Crippen LogP contribution in [0.2, 0.25) is 0 Å². The van der Waals surface area contributed by atoms with E-state index in [-0.39, 0.29) is 41.6 Å². The Kier molecular flexibility index (Phi) is 4.94. The number of carbonyl (C=O) groups excluding carboxylic acids is 3. The van der Waals surface area contributed by atoms with Crippen molar-refractivity contribution in [3.8, 4) is 5.75 Å². The summed E-state index contributed by atoms with van der Waals surface area (Å²) in [5.74, 6) is -3.19. The molecule has 2 aromatic rings. The Bertz CT molecular complexity index is 1230. The lowest BCUT2D eigenvalue weighted by Gasteiger charge is -2.55. The fourth-order valence-electron chi connectivity index (χ4n) is 5.50. The summed E-state index contributed by atoms with van der Waals surface area (Å²) in [5.41, 5.74) is -1.12. The van der Waals surface area contributed by atoms with E-state index in [1.165, 1.54) is 6.07 Å². The van der Waals surface area contributed by atoms with Gasteiger partial charge in [0.05, 0.1) is 29.6 Å². The molecule has 0 unspecified atom stereocenters. The lowest BCUT2D eigenvalue weighted by Crippen LogP contribution is -2.75. The third-order valence-corrected chi connectivity index (χ3v) is 6.83. The number of nitrogens with one attached hydrogen (secondary N) is 3. The number of urea groups is 1. The number of phenols is 1.